The van der Waals surface area contributed by atoms with Crippen molar-refractivity contribution in [2.24, 2.45) is 5.41 Å². The molecule has 0 saturated carbocycles. The van der Waals surface area contributed by atoms with Gasteiger partial charge in [-0.1, -0.05) is 6.07 Å². The largest absolute Gasteiger partial charge is 0.451 e. The van der Waals surface area contributed by atoms with Gasteiger partial charge < -0.3 is 9.32 Å². The second-order valence-corrected chi connectivity index (χ2v) is 6.79. The second kappa shape index (κ2) is 5.27. The van der Waals surface area contributed by atoms with E-state index in [4.69, 9.17) is 4.42 Å². The third-order valence-electron chi connectivity index (χ3n) is 4.97. The Morgan fingerprint density at radius 3 is 2.76 bits per heavy atom. The van der Waals surface area contributed by atoms with E-state index >= 15 is 0 Å². The Labute approximate surface area is 142 Å². The third-order valence-corrected chi connectivity index (χ3v) is 4.97. The molecule has 7 heteroatoms. The van der Waals surface area contributed by atoms with Gasteiger partial charge in [0.05, 0.1) is 10.8 Å². The van der Waals surface area contributed by atoms with Crippen molar-refractivity contribution in [2.75, 3.05) is 13.1 Å². The quantitative estimate of drug-likeness (QED) is 0.781. The minimum atomic E-state index is -0.847. The average molecular weight is 340 g/mol. The van der Waals surface area contributed by atoms with Gasteiger partial charge in [0.15, 0.2) is 11.2 Å². The molecule has 25 heavy (non-hydrogen) atoms. The molecule has 1 aromatic heterocycles. The number of likely N-dealkylation sites (tertiary alicyclic amines) is 1. The number of hydrogen-bond acceptors (Lipinski definition) is 5. The number of aryl methyl sites for hydroxylation is 1. The molecule has 3 heterocycles. The van der Waals surface area contributed by atoms with E-state index in [1.807, 2.05) is 6.92 Å². The minimum absolute atomic E-state index is 0.0510. The van der Waals surface area contributed by atoms with Crippen molar-refractivity contribution in [2.45, 2.75) is 19.8 Å². The molecule has 0 radical (unpaired) electrons. The number of fused-ring (bicyclic) bond motifs is 1. The molecular weight excluding hydrogens is 324 g/mol. The predicted molar refractivity (Wildman–Crippen MR) is 87.9 cm³/mol. The van der Waals surface area contributed by atoms with Gasteiger partial charge in [0.2, 0.25) is 11.8 Å². The number of imide groups is 1. The van der Waals surface area contributed by atoms with E-state index in [0.29, 0.717) is 23.9 Å². The third kappa shape index (κ3) is 2.43. The SMILES string of the molecule is Cc1ccc2c(=O)cc(C(=O)N3CCC4(CC(=O)NC4=O)C3)oc2c1. The monoisotopic (exact) mass is 340 g/mol. The van der Waals surface area contributed by atoms with Crippen molar-refractivity contribution in [1.29, 1.82) is 0 Å². The van der Waals surface area contributed by atoms with Crippen LogP contribution in [0.4, 0.5) is 0 Å². The second-order valence-electron chi connectivity index (χ2n) is 6.79. The molecule has 1 aromatic carbocycles. The van der Waals surface area contributed by atoms with Crippen LogP contribution in [-0.4, -0.2) is 35.7 Å². The Kier molecular flexibility index (Phi) is 3.28. The van der Waals surface area contributed by atoms with Gasteiger partial charge in [-0.2, -0.15) is 0 Å². The molecule has 1 unspecified atom stereocenters. The summed E-state index contributed by atoms with van der Waals surface area (Å²) < 4.78 is 5.64. The summed E-state index contributed by atoms with van der Waals surface area (Å²) in [5.41, 5.74) is 0.146. The summed E-state index contributed by atoms with van der Waals surface area (Å²) in [6.07, 6.45) is 0.518. The van der Waals surface area contributed by atoms with Gasteiger partial charge in [-0.3, -0.25) is 24.5 Å². The first-order valence-corrected chi connectivity index (χ1v) is 8.06. The molecular formula is C18H16N2O5. The van der Waals surface area contributed by atoms with Crippen LogP contribution >= 0.6 is 0 Å². The summed E-state index contributed by atoms with van der Waals surface area (Å²) in [7, 11) is 0. The zero-order valence-corrected chi connectivity index (χ0v) is 13.6. The van der Waals surface area contributed by atoms with Gasteiger partial charge in [0.1, 0.15) is 5.58 Å². The fraction of sp³-hybridized carbons (Fsp3) is 0.333. The van der Waals surface area contributed by atoms with E-state index in [0.717, 1.165) is 5.56 Å². The molecule has 2 fully saturated rings. The highest BCUT2D eigenvalue weighted by molar-refractivity contribution is 6.06. The number of carbonyl (C=O) groups is 3. The summed E-state index contributed by atoms with van der Waals surface area (Å²) in [6.45, 7) is 2.36. The van der Waals surface area contributed by atoms with Gasteiger partial charge >= 0.3 is 0 Å². The maximum atomic E-state index is 12.7. The van der Waals surface area contributed by atoms with Crippen LogP contribution in [0.5, 0.6) is 0 Å². The Morgan fingerprint density at radius 2 is 2.04 bits per heavy atom. The van der Waals surface area contributed by atoms with Crippen LogP contribution in [0.3, 0.4) is 0 Å². The number of rotatable bonds is 1. The zero-order chi connectivity index (χ0) is 17.8. The number of hydrogen-bond donors (Lipinski definition) is 1. The number of amides is 3. The molecule has 1 spiro atoms. The van der Waals surface area contributed by atoms with Crippen molar-refractivity contribution >= 4 is 28.7 Å². The van der Waals surface area contributed by atoms with E-state index < -0.39 is 11.3 Å². The fourth-order valence-electron chi connectivity index (χ4n) is 3.59. The van der Waals surface area contributed by atoms with Crippen LogP contribution in [-0.2, 0) is 9.59 Å². The van der Waals surface area contributed by atoms with Crippen LogP contribution < -0.4 is 10.7 Å². The standard InChI is InChI=1S/C18H16N2O5/c1-10-2-3-11-12(21)7-14(25-13(11)6-10)16(23)20-5-4-18(9-20)8-15(22)19-17(18)24/h2-3,6-7H,4-5,8-9H2,1H3,(H,19,22,24). The Morgan fingerprint density at radius 1 is 1.24 bits per heavy atom. The molecule has 128 valence electrons. The van der Waals surface area contributed by atoms with Gasteiger partial charge in [0, 0.05) is 25.6 Å². The van der Waals surface area contributed by atoms with E-state index in [1.165, 1.54) is 11.0 Å². The Balaban J connectivity index is 1.66. The number of nitrogens with zero attached hydrogens (tertiary/aromatic N) is 1. The minimum Gasteiger partial charge on any atom is -0.451 e. The van der Waals surface area contributed by atoms with Crippen molar-refractivity contribution < 1.29 is 18.8 Å². The highest BCUT2D eigenvalue weighted by Gasteiger charge is 2.52. The first-order chi connectivity index (χ1) is 11.9. The van der Waals surface area contributed by atoms with Gasteiger partial charge in [-0.25, -0.2) is 0 Å². The Hall–Kier alpha value is -2.96. The van der Waals surface area contributed by atoms with E-state index in [2.05, 4.69) is 5.32 Å². The first kappa shape index (κ1) is 15.6. The van der Waals surface area contributed by atoms with Crippen LogP contribution in [0.15, 0.2) is 33.5 Å². The lowest BCUT2D eigenvalue weighted by molar-refractivity contribution is -0.128. The lowest BCUT2D eigenvalue weighted by atomic mass is 9.85. The molecule has 1 N–H and O–H groups in total. The van der Waals surface area contributed by atoms with E-state index in [-0.39, 0.29) is 36.0 Å². The van der Waals surface area contributed by atoms with Crippen molar-refractivity contribution in [3.05, 3.63) is 45.8 Å². The molecule has 2 aromatic rings. The molecule has 2 aliphatic heterocycles. The summed E-state index contributed by atoms with van der Waals surface area (Å²) in [4.78, 5) is 50.0. The van der Waals surface area contributed by atoms with Crippen LogP contribution in [0.2, 0.25) is 0 Å². The lowest BCUT2D eigenvalue weighted by Crippen LogP contribution is -2.36. The van der Waals surface area contributed by atoms with E-state index in [1.54, 1.807) is 18.2 Å². The average Bonchev–Trinajstić information content (AvgIpc) is 3.10. The molecule has 2 saturated heterocycles. The lowest BCUT2D eigenvalue weighted by Gasteiger charge is -2.20. The smallest absolute Gasteiger partial charge is 0.289 e. The summed E-state index contributed by atoms with van der Waals surface area (Å²) in [5.74, 6) is -1.13. The summed E-state index contributed by atoms with van der Waals surface area (Å²) >= 11 is 0. The maximum absolute atomic E-state index is 12.7. The van der Waals surface area contributed by atoms with Crippen LogP contribution in [0.25, 0.3) is 11.0 Å². The van der Waals surface area contributed by atoms with Gasteiger partial charge in [-0.05, 0) is 31.0 Å². The Bertz CT molecular complexity index is 993. The summed E-state index contributed by atoms with van der Waals surface area (Å²) in [6, 6.07) is 6.37. The van der Waals surface area contributed by atoms with Crippen molar-refractivity contribution in [3.63, 3.8) is 0 Å². The van der Waals surface area contributed by atoms with E-state index in [9.17, 15) is 19.2 Å². The van der Waals surface area contributed by atoms with Gasteiger partial charge in [-0.15, -0.1) is 0 Å². The predicted octanol–water partition coefficient (Wildman–Crippen LogP) is 0.980. The fourth-order valence-corrected chi connectivity index (χ4v) is 3.59. The summed E-state index contributed by atoms with van der Waals surface area (Å²) in [5, 5.41) is 2.72. The zero-order valence-electron chi connectivity index (χ0n) is 13.6. The highest BCUT2D eigenvalue weighted by atomic mass is 16.3. The molecule has 0 aliphatic carbocycles. The topological polar surface area (TPSA) is 96.7 Å². The van der Waals surface area contributed by atoms with Gasteiger partial charge in [0.25, 0.3) is 5.91 Å². The molecule has 2 aliphatic rings. The van der Waals surface area contributed by atoms with Crippen LogP contribution in [0.1, 0.15) is 29.0 Å². The molecule has 7 nitrogen and oxygen atoms in total. The van der Waals surface area contributed by atoms with Crippen LogP contribution in [0, 0.1) is 12.3 Å². The molecule has 0 bridgehead atoms. The van der Waals surface area contributed by atoms with Crippen molar-refractivity contribution in [3.8, 4) is 0 Å². The molecule has 4 rings (SSSR count). The highest BCUT2D eigenvalue weighted by Crippen LogP contribution is 2.38. The normalized spacial score (nSPS) is 22.8. The first-order valence-electron chi connectivity index (χ1n) is 8.06. The number of benzene rings is 1. The van der Waals surface area contributed by atoms with Crippen molar-refractivity contribution in [1.82, 2.24) is 10.2 Å². The number of nitrogens with one attached hydrogen (secondary N) is 1. The number of carbonyl (C=O) groups excluding carboxylic acids is 3. The maximum Gasteiger partial charge on any atom is 0.289 e. The molecule has 3 amide bonds. The molecule has 1 atom stereocenters.